The minimum absolute atomic E-state index is 0.0287. The Morgan fingerprint density at radius 3 is 2.17 bits per heavy atom. The molecule has 0 saturated heterocycles. The van der Waals surface area contributed by atoms with Gasteiger partial charge in [-0.05, 0) is 53.7 Å². The molecular formula is C14H12FO6PS. The van der Waals surface area contributed by atoms with Crippen molar-refractivity contribution in [3.05, 3.63) is 59.9 Å². The van der Waals surface area contributed by atoms with Crippen LogP contribution >= 0.6 is 19.6 Å². The Hall–Kier alpha value is -1.86. The fourth-order valence-electron chi connectivity index (χ4n) is 1.55. The number of phosphoric ester groups is 1. The van der Waals surface area contributed by atoms with Crippen molar-refractivity contribution in [2.75, 3.05) is 0 Å². The Kier molecular flexibility index (Phi) is 5.79. The van der Waals surface area contributed by atoms with Crippen molar-refractivity contribution >= 4 is 24.9 Å². The van der Waals surface area contributed by atoms with Gasteiger partial charge in [-0.3, -0.25) is 9.79 Å². The van der Waals surface area contributed by atoms with Gasteiger partial charge in [0.2, 0.25) is 0 Å². The Bertz CT molecular complexity index is 713. The summed E-state index contributed by atoms with van der Waals surface area (Å²) in [5.74, 6) is 0.154. The third-order valence-electron chi connectivity index (χ3n) is 2.52. The van der Waals surface area contributed by atoms with Crippen LogP contribution in [0.25, 0.3) is 0 Å². The van der Waals surface area contributed by atoms with Gasteiger partial charge in [-0.15, -0.1) is 0 Å². The van der Waals surface area contributed by atoms with Gasteiger partial charge in [0.15, 0.2) is 0 Å². The number of benzene rings is 2. The number of rotatable bonds is 5. The highest BCUT2D eigenvalue weighted by Crippen LogP contribution is 2.37. The molecule has 0 heterocycles. The Morgan fingerprint density at radius 2 is 1.61 bits per heavy atom. The highest BCUT2D eigenvalue weighted by Gasteiger charge is 2.15. The molecule has 2 aromatic carbocycles. The van der Waals surface area contributed by atoms with Crippen molar-refractivity contribution in [3.8, 4) is 11.5 Å². The lowest BCUT2D eigenvalue weighted by atomic mass is 10.2. The maximum Gasteiger partial charge on any atom is 0.524 e. The largest absolute Gasteiger partial charge is 0.524 e. The number of carbonyl (C=O) groups is 1. The SMILES string of the molecule is O=C(Oc1ccc(F)cc1)SCc1ccc(OP(=O)(O)O)cc1. The highest BCUT2D eigenvalue weighted by molar-refractivity contribution is 8.12. The van der Waals surface area contributed by atoms with Gasteiger partial charge in [-0.2, -0.15) is 0 Å². The van der Waals surface area contributed by atoms with E-state index < -0.39 is 18.9 Å². The summed E-state index contributed by atoms with van der Waals surface area (Å²) >= 11 is 0.898. The number of halogens is 1. The van der Waals surface area contributed by atoms with E-state index in [9.17, 15) is 13.8 Å². The summed E-state index contributed by atoms with van der Waals surface area (Å²) in [5, 5.41) is -0.549. The monoisotopic (exact) mass is 358 g/mol. The van der Waals surface area contributed by atoms with Gasteiger partial charge in [0.1, 0.15) is 17.3 Å². The molecule has 0 spiro atoms. The molecule has 0 amide bonds. The summed E-state index contributed by atoms with van der Waals surface area (Å²) in [6.07, 6.45) is 0. The molecule has 0 unspecified atom stereocenters. The van der Waals surface area contributed by atoms with Crippen molar-refractivity contribution in [1.29, 1.82) is 0 Å². The number of phosphoric acid groups is 1. The van der Waals surface area contributed by atoms with Crippen LogP contribution in [0.3, 0.4) is 0 Å². The summed E-state index contributed by atoms with van der Waals surface area (Å²) in [6, 6.07) is 11.0. The van der Waals surface area contributed by atoms with Gasteiger partial charge in [0.25, 0.3) is 0 Å². The van der Waals surface area contributed by atoms with E-state index in [1.807, 2.05) is 0 Å². The van der Waals surface area contributed by atoms with Crippen LogP contribution in [0.1, 0.15) is 5.56 Å². The normalized spacial score (nSPS) is 11.1. The molecule has 0 radical (unpaired) electrons. The fourth-order valence-corrected chi connectivity index (χ4v) is 2.58. The molecule has 0 atom stereocenters. The van der Waals surface area contributed by atoms with Crippen LogP contribution in [-0.4, -0.2) is 15.1 Å². The molecule has 2 rings (SSSR count). The van der Waals surface area contributed by atoms with Crippen molar-refractivity contribution in [2.24, 2.45) is 0 Å². The maximum atomic E-state index is 12.7. The first kappa shape index (κ1) is 17.5. The average Bonchev–Trinajstić information content (AvgIpc) is 2.47. The molecule has 0 fully saturated rings. The second-order valence-corrected chi connectivity index (χ2v) is 6.39. The zero-order valence-corrected chi connectivity index (χ0v) is 13.3. The van der Waals surface area contributed by atoms with Crippen molar-refractivity contribution in [2.45, 2.75) is 5.75 Å². The molecule has 9 heteroatoms. The molecule has 23 heavy (non-hydrogen) atoms. The Labute approximate surface area is 135 Å². The summed E-state index contributed by atoms with van der Waals surface area (Å²) in [7, 11) is -4.58. The van der Waals surface area contributed by atoms with Gasteiger partial charge in [-0.1, -0.05) is 12.1 Å². The first-order valence-corrected chi connectivity index (χ1v) is 8.78. The van der Waals surface area contributed by atoms with E-state index >= 15 is 0 Å². The van der Waals surface area contributed by atoms with Gasteiger partial charge >= 0.3 is 13.1 Å². The third-order valence-corrected chi connectivity index (χ3v) is 3.76. The molecule has 2 aromatic rings. The lowest BCUT2D eigenvalue weighted by Gasteiger charge is -2.07. The van der Waals surface area contributed by atoms with Crippen molar-refractivity contribution in [3.63, 3.8) is 0 Å². The van der Waals surface area contributed by atoms with E-state index in [0.717, 1.165) is 17.3 Å². The average molecular weight is 358 g/mol. The van der Waals surface area contributed by atoms with Crippen molar-refractivity contribution < 1.29 is 32.8 Å². The van der Waals surface area contributed by atoms with Crippen molar-refractivity contribution in [1.82, 2.24) is 0 Å². The van der Waals surface area contributed by atoms with Gasteiger partial charge in [-0.25, -0.2) is 13.8 Å². The summed E-state index contributed by atoms with van der Waals surface area (Å²) < 4.78 is 32.8. The van der Waals surface area contributed by atoms with Crippen LogP contribution < -0.4 is 9.26 Å². The van der Waals surface area contributed by atoms with Crippen LogP contribution in [0.4, 0.5) is 9.18 Å². The van der Waals surface area contributed by atoms with Crippen LogP contribution in [0.15, 0.2) is 48.5 Å². The van der Waals surface area contributed by atoms with Crippen LogP contribution in [0.5, 0.6) is 11.5 Å². The van der Waals surface area contributed by atoms with E-state index in [1.54, 1.807) is 12.1 Å². The molecule has 0 aromatic heterocycles. The number of ether oxygens (including phenoxy) is 1. The zero-order valence-electron chi connectivity index (χ0n) is 11.6. The summed E-state index contributed by atoms with van der Waals surface area (Å²) in [5.41, 5.74) is 0.740. The molecular weight excluding hydrogens is 346 g/mol. The summed E-state index contributed by atoms with van der Waals surface area (Å²) in [4.78, 5) is 29.0. The lowest BCUT2D eigenvalue weighted by molar-refractivity contribution is 0.227. The molecule has 0 aliphatic carbocycles. The molecule has 6 nitrogen and oxygen atoms in total. The topological polar surface area (TPSA) is 93.1 Å². The van der Waals surface area contributed by atoms with E-state index in [-0.39, 0.29) is 11.5 Å². The van der Waals surface area contributed by atoms with E-state index in [0.29, 0.717) is 5.75 Å². The van der Waals surface area contributed by atoms with Gasteiger partial charge in [0.05, 0.1) is 0 Å². The molecule has 0 aliphatic heterocycles. The lowest BCUT2D eigenvalue weighted by Crippen LogP contribution is -2.01. The van der Waals surface area contributed by atoms with Crippen LogP contribution in [0.2, 0.25) is 0 Å². The third kappa shape index (κ3) is 6.42. The smallest absolute Gasteiger partial charge is 0.418 e. The Balaban J connectivity index is 1.84. The molecule has 2 N–H and O–H groups in total. The molecule has 0 aliphatic rings. The summed E-state index contributed by atoms with van der Waals surface area (Å²) in [6.45, 7) is 0. The second-order valence-electron chi connectivity index (χ2n) is 4.32. The molecule has 122 valence electrons. The minimum atomic E-state index is -4.58. The van der Waals surface area contributed by atoms with Crippen LogP contribution in [0, 0.1) is 5.82 Å². The maximum absolute atomic E-state index is 12.7. The van der Waals surface area contributed by atoms with E-state index in [2.05, 4.69) is 4.52 Å². The highest BCUT2D eigenvalue weighted by atomic mass is 32.2. The quantitative estimate of drug-likeness (QED) is 0.621. The second kappa shape index (κ2) is 7.61. The molecule has 0 bridgehead atoms. The van der Waals surface area contributed by atoms with Gasteiger partial charge in [0, 0.05) is 5.75 Å². The minimum Gasteiger partial charge on any atom is -0.418 e. The predicted molar refractivity (Wildman–Crippen MR) is 82.8 cm³/mol. The zero-order chi connectivity index (χ0) is 16.9. The molecule has 0 saturated carbocycles. The predicted octanol–water partition coefficient (Wildman–Crippen LogP) is 3.73. The van der Waals surface area contributed by atoms with E-state index in [1.165, 1.54) is 36.4 Å². The first-order valence-electron chi connectivity index (χ1n) is 6.26. The number of hydrogen-bond donors (Lipinski definition) is 2. The van der Waals surface area contributed by atoms with Crippen LogP contribution in [-0.2, 0) is 10.3 Å². The fraction of sp³-hybridized carbons (Fsp3) is 0.0714. The van der Waals surface area contributed by atoms with Gasteiger partial charge < -0.3 is 9.26 Å². The van der Waals surface area contributed by atoms with E-state index in [4.69, 9.17) is 14.5 Å². The number of thioether (sulfide) groups is 1. The number of hydrogen-bond acceptors (Lipinski definition) is 5. The first-order chi connectivity index (χ1) is 10.8. The Morgan fingerprint density at radius 1 is 1.04 bits per heavy atom. The number of carbonyl (C=O) groups excluding carboxylic acids is 1. The standard InChI is InChI=1S/C14H12FO6PS/c15-11-3-7-12(8-4-11)20-14(16)23-9-10-1-5-13(6-2-10)21-22(17,18)19/h1-8H,9H2,(H2,17,18,19).